The van der Waals surface area contributed by atoms with E-state index in [1.165, 1.54) is 30.2 Å². The summed E-state index contributed by atoms with van der Waals surface area (Å²) >= 11 is 0. The van der Waals surface area contributed by atoms with Gasteiger partial charge in [-0.15, -0.1) is 0 Å². The largest absolute Gasteiger partial charge is 0.396 e. The fraction of sp³-hybridized carbons (Fsp3) is 0.533. The van der Waals surface area contributed by atoms with Gasteiger partial charge in [0.05, 0.1) is 0 Å². The first-order valence-corrected chi connectivity index (χ1v) is 7.11. The molecule has 4 nitrogen and oxygen atoms in total. The van der Waals surface area contributed by atoms with E-state index in [2.05, 4.69) is 21.4 Å². The molecule has 19 heavy (non-hydrogen) atoms. The van der Waals surface area contributed by atoms with Gasteiger partial charge in [-0.3, -0.25) is 0 Å². The Morgan fingerprint density at radius 3 is 3.16 bits per heavy atom. The van der Waals surface area contributed by atoms with Crippen LogP contribution in [-0.2, 0) is 6.54 Å². The van der Waals surface area contributed by atoms with E-state index in [1.807, 2.05) is 12.3 Å². The van der Waals surface area contributed by atoms with Crippen molar-refractivity contribution >= 4 is 11.0 Å². The molecule has 2 atom stereocenters. The highest BCUT2D eigenvalue weighted by molar-refractivity contribution is 5.79. The van der Waals surface area contributed by atoms with E-state index in [4.69, 9.17) is 0 Å². The average molecular weight is 259 g/mol. The van der Waals surface area contributed by atoms with Crippen molar-refractivity contribution in [3.05, 3.63) is 30.1 Å². The summed E-state index contributed by atoms with van der Waals surface area (Å²) < 4.78 is 0. The third-order valence-corrected chi connectivity index (χ3v) is 4.31. The van der Waals surface area contributed by atoms with Crippen molar-refractivity contribution in [2.45, 2.75) is 25.8 Å². The van der Waals surface area contributed by atoms with Crippen LogP contribution in [0.25, 0.3) is 11.0 Å². The van der Waals surface area contributed by atoms with E-state index in [0.29, 0.717) is 18.4 Å². The zero-order chi connectivity index (χ0) is 13.1. The summed E-state index contributed by atoms with van der Waals surface area (Å²) in [5, 5.41) is 14.0. The molecule has 1 aliphatic carbocycles. The lowest BCUT2D eigenvalue weighted by Gasteiger charge is -2.17. The van der Waals surface area contributed by atoms with Crippen LogP contribution in [0.5, 0.6) is 0 Å². The third kappa shape index (κ3) is 2.65. The fourth-order valence-electron chi connectivity index (χ4n) is 3.17. The number of aliphatic hydroxyl groups excluding tert-OH is 1. The molecule has 1 saturated carbocycles. The third-order valence-electron chi connectivity index (χ3n) is 4.31. The van der Waals surface area contributed by atoms with E-state index in [1.54, 1.807) is 6.20 Å². The molecule has 102 valence electrons. The molecule has 0 aromatic carbocycles. The monoisotopic (exact) mass is 259 g/mol. The summed E-state index contributed by atoms with van der Waals surface area (Å²) in [5.74, 6) is 1.13. The van der Waals surface area contributed by atoms with Gasteiger partial charge in [-0.25, -0.2) is 4.98 Å². The van der Waals surface area contributed by atoms with Crippen LogP contribution >= 0.6 is 0 Å². The van der Waals surface area contributed by atoms with Gasteiger partial charge in [0.15, 0.2) is 0 Å². The smallest absolute Gasteiger partial charge is 0.137 e. The molecule has 0 saturated heterocycles. The van der Waals surface area contributed by atoms with Gasteiger partial charge in [-0.2, -0.15) is 0 Å². The summed E-state index contributed by atoms with van der Waals surface area (Å²) in [7, 11) is 0. The predicted molar refractivity (Wildman–Crippen MR) is 75.7 cm³/mol. The van der Waals surface area contributed by atoms with Crippen molar-refractivity contribution < 1.29 is 5.11 Å². The molecule has 0 radical (unpaired) electrons. The molecule has 0 aliphatic heterocycles. The molecular formula is C15H21N3O. The van der Waals surface area contributed by atoms with Crippen LogP contribution in [0.15, 0.2) is 24.5 Å². The Morgan fingerprint density at radius 2 is 2.26 bits per heavy atom. The lowest BCUT2D eigenvalue weighted by molar-refractivity contribution is 0.192. The molecule has 0 spiro atoms. The predicted octanol–water partition coefficient (Wildman–Crippen LogP) is 2.06. The maximum atomic E-state index is 9.32. The maximum Gasteiger partial charge on any atom is 0.137 e. The minimum atomic E-state index is 0.337. The van der Waals surface area contributed by atoms with E-state index in [0.717, 1.165) is 18.7 Å². The van der Waals surface area contributed by atoms with Crippen LogP contribution in [0.3, 0.4) is 0 Å². The van der Waals surface area contributed by atoms with Crippen LogP contribution in [0.4, 0.5) is 0 Å². The Hall–Kier alpha value is -1.39. The van der Waals surface area contributed by atoms with Crippen molar-refractivity contribution in [1.82, 2.24) is 15.3 Å². The van der Waals surface area contributed by atoms with Gasteiger partial charge in [0.25, 0.3) is 0 Å². The number of aromatic nitrogens is 2. The number of H-pyrrole nitrogens is 1. The van der Waals surface area contributed by atoms with Crippen molar-refractivity contribution in [2.75, 3.05) is 13.2 Å². The lowest BCUT2D eigenvalue weighted by atomic mass is 9.97. The molecule has 2 unspecified atom stereocenters. The molecule has 2 aromatic rings. The highest BCUT2D eigenvalue weighted by atomic mass is 16.3. The molecule has 2 heterocycles. The zero-order valence-electron chi connectivity index (χ0n) is 11.1. The average Bonchev–Trinajstić information content (AvgIpc) is 3.06. The first kappa shape index (κ1) is 12.6. The first-order valence-electron chi connectivity index (χ1n) is 7.11. The van der Waals surface area contributed by atoms with Crippen LogP contribution in [0, 0.1) is 11.8 Å². The Labute approximate surface area is 113 Å². The second kappa shape index (κ2) is 5.72. The molecule has 2 aromatic heterocycles. The summed E-state index contributed by atoms with van der Waals surface area (Å²) in [6, 6.07) is 4.07. The van der Waals surface area contributed by atoms with Gasteiger partial charge in [0, 0.05) is 30.9 Å². The van der Waals surface area contributed by atoms with Crippen LogP contribution in [-0.4, -0.2) is 28.2 Å². The fourth-order valence-corrected chi connectivity index (χ4v) is 3.17. The zero-order valence-corrected chi connectivity index (χ0v) is 11.1. The van der Waals surface area contributed by atoms with Crippen molar-refractivity contribution in [3.63, 3.8) is 0 Å². The van der Waals surface area contributed by atoms with Gasteiger partial charge in [-0.1, -0.05) is 6.42 Å². The molecule has 3 rings (SSSR count). The Balaban J connectivity index is 1.57. The number of pyridine rings is 1. The minimum absolute atomic E-state index is 0.337. The Kier molecular flexibility index (Phi) is 3.80. The summed E-state index contributed by atoms with van der Waals surface area (Å²) in [4.78, 5) is 7.49. The number of rotatable bonds is 5. The molecule has 1 fully saturated rings. The standard InChI is InChI=1S/C15H21N3O/c19-10-12-4-1-3-11(12)7-16-8-13-9-18-15-14(13)5-2-6-17-15/h2,5-6,9,11-12,16,19H,1,3-4,7-8,10H2,(H,17,18). The van der Waals surface area contributed by atoms with Crippen LogP contribution in [0.1, 0.15) is 24.8 Å². The number of hydrogen-bond donors (Lipinski definition) is 3. The lowest BCUT2D eigenvalue weighted by Crippen LogP contribution is -2.26. The van der Waals surface area contributed by atoms with Gasteiger partial charge < -0.3 is 15.4 Å². The molecule has 0 bridgehead atoms. The molecule has 4 heteroatoms. The second-order valence-electron chi connectivity index (χ2n) is 5.48. The Morgan fingerprint density at radius 1 is 1.37 bits per heavy atom. The normalized spacial score (nSPS) is 23.2. The maximum absolute atomic E-state index is 9.32. The summed E-state index contributed by atoms with van der Waals surface area (Å²) in [6.07, 6.45) is 7.52. The summed E-state index contributed by atoms with van der Waals surface area (Å²) in [6.45, 7) is 2.20. The first-order chi connectivity index (χ1) is 9.38. The molecule has 0 amide bonds. The van der Waals surface area contributed by atoms with Crippen molar-refractivity contribution in [3.8, 4) is 0 Å². The minimum Gasteiger partial charge on any atom is -0.396 e. The number of nitrogens with zero attached hydrogens (tertiary/aromatic N) is 1. The second-order valence-corrected chi connectivity index (χ2v) is 5.48. The van der Waals surface area contributed by atoms with Crippen molar-refractivity contribution in [2.24, 2.45) is 11.8 Å². The van der Waals surface area contributed by atoms with E-state index in [9.17, 15) is 5.11 Å². The molecular weight excluding hydrogens is 238 g/mol. The number of fused-ring (bicyclic) bond motifs is 1. The number of hydrogen-bond acceptors (Lipinski definition) is 3. The number of nitrogens with one attached hydrogen (secondary N) is 2. The van der Waals surface area contributed by atoms with Crippen LogP contribution in [0.2, 0.25) is 0 Å². The SMILES string of the molecule is OCC1CCCC1CNCc1c[nH]c2ncccc12. The van der Waals surface area contributed by atoms with E-state index < -0.39 is 0 Å². The highest BCUT2D eigenvalue weighted by Crippen LogP contribution is 2.30. The van der Waals surface area contributed by atoms with Gasteiger partial charge >= 0.3 is 0 Å². The Bertz CT molecular complexity index is 537. The molecule has 3 N–H and O–H groups in total. The number of aromatic amines is 1. The number of aliphatic hydroxyl groups is 1. The van der Waals surface area contributed by atoms with E-state index in [-0.39, 0.29) is 0 Å². The van der Waals surface area contributed by atoms with Crippen LogP contribution < -0.4 is 5.32 Å². The molecule has 1 aliphatic rings. The van der Waals surface area contributed by atoms with Gasteiger partial charge in [-0.05, 0) is 48.9 Å². The van der Waals surface area contributed by atoms with Gasteiger partial charge in [0.2, 0.25) is 0 Å². The highest BCUT2D eigenvalue weighted by Gasteiger charge is 2.25. The quantitative estimate of drug-likeness (QED) is 0.770. The summed E-state index contributed by atoms with van der Waals surface area (Å²) in [5.41, 5.74) is 2.22. The van der Waals surface area contributed by atoms with Crippen molar-refractivity contribution in [1.29, 1.82) is 0 Å². The topological polar surface area (TPSA) is 60.9 Å². The van der Waals surface area contributed by atoms with E-state index >= 15 is 0 Å². The van der Waals surface area contributed by atoms with Gasteiger partial charge in [0.1, 0.15) is 5.65 Å².